The third-order valence-electron chi connectivity index (χ3n) is 5.04. The number of carboxylic acid groups (broad SMARTS) is 1. The molecule has 0 fully saturated rings. The van der Waals surface area contributed by atoms with Crippen LogP contribution in [0.25, 0.3) is 11.0 Å². The van der Waals surface area contributed by atoms with Gasteiger partial charge in [0.1, 0.15) is 17.1 Å². The molecule has 3 N–H and O–H groups in total. The normalized spacial score (nSPS) is 11.9. The molecule has 0 aliphatic rings. The molecule has 0 saturated carbocycles. The van der Waals surface area contributed by atoms with Crippen molar-refractivity contribution in [1.29, 1.82) is 0 Å². The van der Waals surface area contributed by atoms with Crippen LogP contribution in [0.1, 0.15) is 34.7 Å². The molecule has 1 aromatic heterocycles. The topological polar surface area (TPSA) is 140 Å². The summed E-state index contributed by atoms with van der Waals surface area (Å²) >= 11 is 0. The SMILES string of the molecule is Cc1c(CCC(=O)N[C@H](C(=O)[O-])c2ccc(O)cc2)c(=O)oc2c(C)c(O)ccc12. The number of benzene rings is 2. The number of aryl methyl sites for hydroxylation is 2. The van der Waals surface area contributed by atoms with Gasteiger partial charge in [0.15, 0.2) is 0 Å². The molecule has 0 aliphatic carbocycles. The van der Waals surface area contributed by atoms with Gasteiger partial charge in [0.05, 0.1) is 12.0 Å². The van der Waals surface area contributed by atoms with Crippen molar-refractivity contribution >= 4 is 22.8 Å². The van der Waals surface area contributed by atoms with E-state index < -0.39 is 23.5 Å². The highest BCUT2D eigenvalue weighted by Crippen LogP contribution is 2.28. The zero-order chi connectivity index (χ0) is 22.0. The van der Waals surface area contributed by atoms with Crippen LogP contribution in [0.4, 0.5) is 0 Å². The molecule has 1 heterocycles. The average Bonchev–Trinajstić information content (AvgIpc) is 2.69. The molecule has 0 spiro atoms. The summed E-state index contributed by atoms with van der Waals surface area (Å²) in [5.41, 5.74) is 1.30. The number of fused-ring (bicyclic) bond motifs is 1. The molecule has 1 amide bonds. The summed E-state index contributed by atoms with van der Waals surface area (Å²) in [6.45, 7) is 3.36. The highest BCUT2D eigenvalue weighted by Gasteiger charge is 2.18. The third kappa shape index (κ3) is 4.12. The van der Waals surface area contributed by atoms with Crippen molar-refractivity contribution in [3.63, 3.8) is 0 Å². The Bertz CT molecular complexity index is 1180. The molecule has 8 nitrogen and oxygen atoms in total. The molecule has 3 rings (SSSR count). The largest absolute Gasteiger partial charge is 0.548 e. The van der Waals surface area contributed by atoms with E-state index in [0.29, 0.717) is 22.1 Å². The van der Waals surface area contributed by atoms with E-state index in [0.717, 1.165) is 0 Å². The van der Waals surface area contributed by atoms with E-state index in [1.807, 2.05) is 0 Å². The smallest absolute Gasteiger partial charge is 0.339 e. The summed E-state index contributed by atoms with van der Waals surface area (Å²) < 4.78 is 5.34. The van der Waals surface area contributed by atoms with E-state index in [-0.39, 0.29) is 35.5 Å². The van der Waals surface area contributed by atoms with E-state index in [4.69, 9.17) is 4.42 Å². The number of carboxylic acids is 1. The van der Waals surface area contributed by atoms with Gasteiger partial charge in [0.2, 0.25) is 5.91 Å². The third-order valence-corrected chi connectivity index (χ3v) is 5.04. The van der Waals surface area contributed by atoms with E-state index in [1.54, 1.807) is 19.9 Å². The van der Waals surface area contributed by atoms with E-state index in [9.17, 15) is 29.7 Å². The second kappa shape index (κ2) is 8.28. The van der Waals surface area contributed by atoms with Crippen molar-refractivity contribution in [2.75, 3.05) is 0 Å². The molecule has 0 saturated heterocycles. The van der Waals surface area contributed by atoms with Crippen molar-refractivity contribution in [2.45, 2.75) is 32.7 Å². The van der Waals surface area contributed by atoms with Crippen LogP contribution in [-0.2, 0) is 16.0 Å². The van der Waals surface area contributed by atoms with Crippen LogP contribution in [0.2, 0.25) is 0 Å². The minimum absolute atomic E-state index is 0.0136. The zero-order valence-electron chi connectivity index (χ0n) is 16.4. The minimum atomic E-state index is -1.49. The molecule has 8 heteroatoms. The number of nitrogens with one attached hydrogen (secondary N) is 1. The molecule has 1 atom stereocenters. The Morgan fingerprint density at radius 1 is 1.07 bits per heavy atom. The Labute approximate surface area is 171 Å². The first-order chi connectivity index (χ1) is 14.2. The van der Waals surface area contributed by atoms with Gasteiger partial charge in [-0.1, -0.05) is 12.1 Å². The lowest BCUT2D eigenvalue weighted by Gasteiger charge is -2.20. The minimum Gasteiger partial charge on any atom is -0.548 e. The summed E-state index contributed by atoms with van der Waals surface area (Å²) in [5, 5.41) is 33.6. The summed E-state index contributed by atoms with van der Waals surface area (Å²) in [5.74, 6) is -2.10. The molecular formula is C22H20NO7-. The predicted molar refractivity (Wildman–Crippen MR) is 106 cm³/mol. The zero-order valence-corrected chi connectivity index (χ0v) is 16.4. The van der Waals surface area contributed by atoms with Crippen molar-refractivity contribution in [1.82, 2.24) is 5.32 Å². The summed E-state index contributed by atoms with van der Waals surface area (Å²) in [7, 11) is 0. The lowest BCUT2D eigenvalue weighted by atomic mass is 10.00. The number of rotatable bonds is 6. The maximum Gasteiger partial charge on any atom is 0.339 e. The Kier molecular flexibility index (Phi) is 5.77. The van der Waals surface area contributed by atoms with Crippen LogP contribution < -0.4 is 16.0 Å². The molecule has 0 aliphatic heterocycles. The standard InChI is InChI=1S/C22H21NO7/c1-11-15-7-9-17(25)12(2)20(15)30-22(29)16(11)8-10-18(26)23-19(21(27)28)13-3-5-14(24)6-4-13/h3-7,9,19,24-25H,8,10H2,1-2H3,(H,23,26)(H,27,28)/p-1/t19-/m0/s1. The Morgan fingerprint density at radius 3 is 2.37 bits per heavy atom. The quantitative estimate of drug-likeness (QED) is 0.521. The molecule has 2 aromatic carbocycles. The number of amides is 1. The number of carbonyl (C=O) groups excluding carboxylic acids is 2. The molecule has 0 bridgehead atoms. The number of hydrogen-bond donors (Lipinski definition) is 3. The first kappa shape index (κ1) is 20.9. The second-order valence-corrected chi connectivity index (χ2v) is 6.99. The second-order valence-electron chi connectivity index (χ2n) is 6.99. The fourth-order valence-electron chi connectivity index (χ4n) is 3.28. The fourth-order valence-corrected chi connectivity index (χ4v) is 3.28. The number of hydrogen-bond acceptors (Lipinski definition) is 7. The van der Waals surface area contributed by atoms with Gasteiger partial charge in [-0.25, -0.2) is 4.79 Å². The first-order valence-electron chi connectivity index (χ1n) is 9.23. The van der Waals surface area contributed by atoms with Crippen LogP contribution in [0.3, 0.4) is 0 Å². The van der Waals surface area contributed by atoms with Gasteiger partial charge in [0.25, 0.3) is 0 Å². The van der Waals surface area contributed by atoms with Crippen LogP contribution in [0, 0.1) is 13.8 Å². The van der Waals surface area contributed by atoms with E-state index in [1.165, 1.54) is 30.3 Å². The van der Waals surface area contributed by atoms with Crippen LogP contribution in [0.5, 0.6) is 11.5 Å². The van der Waals surface area contributed by atoms with Gasteiger partial charge in [-0.2, -0.15) is 0 Å². The fraction of sp³-hybridized carbons (Fsp3) is 0.227. The van der Waals surface area contributed by atoms with Crippen molar-refractivity contribution < 1.29 is 29.3 Å². The van der Waals surface area contributed by atoms with Gasteiger partial charge in [-0.05, 0) is 55.7 Å². The number of aromatic hydroxyl groups is 2. The number of aliphatic carboxylic acids is 1. The van der Waals surface area contributed by atoms with Crippen molar-refractivity contribution in [3.8, 4) is 11.5 Å². The average molecular weight is 410 g/mol. The predicted octanol–water partition coefficient (Wildman–Crippen LogP) is 1.36. The molecule has 0 radical (unpaired) electrons. The monoisotopic (exact) mass is 410 g/mol. The summed E-state index contributed by atoms with van der Waals surface area (Å²) in [6.07, 6.45) is -0.0960. The Morgan fingerprint density at radius 2 is 1.73 bits per heavy atom. The van der Waals surface area contributed by atoms with Gasteiger partial charge in [0, 0.05) is 22.9 Å². The molecule has 0 unspecified atom stereocenters. The Balaban J connectivity index is 1.79. The molecular weight excluding hydrogens is 390 g/mol. The molecule has 30 heavy (non-hydrogen) atoms. The lowest BCUT2D eigenvalue weighted by Crippen LogP contribution is -2.41. The van der Waals surface area contributed by atoms with Crippen LogP contribution in [0.15, 0.2) is 45.6 Å². The number of carbonyl (C=O) groups is 2. The van der Waals surface area contributed by atoms with Gasteiger partial charge in [-0.15, -0.1) is 0 Å². The van der Waals surface area contributed by atoms with E-state index in [2.05, 4.69) is 5.32 Å². The summed E-state index contributed by atoms with van der Waals surface area (Å²) in [6, 6.07) is 7.10. The van der Waals surface area contributed by atoms with Crippen LogP contribution >= 0.6 is 0 Å². The number of phenols is 2. The highest BCUT2D eigenvalue weighted by atomic mass is 16.4. The van der Waals surface area contributed by atoms with Crippen molar-refractivity contribution in [2.24, 2.45) is 0 Å². The van der Waals surface area contributed by atoms with Gasteiger partial charge < -0.3 is 29.8 Å². The van der Waals surface area contributed by atoms with Gasteiger partial charge >= 0.3 is 5.63 Å². The molecule has 156 valence electrons. The Hall–Kier alpha value is -3.81. The summed E-state index contributed by atoms with van der Waals surface area (Å²) in [4.78, 5) is 36.2. The first-order valence-corrected chi connectivity index (χ1v) is 9.23. The highest BCUT2D eigenvalue weighted by molar-refractivity contribution is 5.86. The maximum atomic E-state index is 12.4. The lowest BCUT2D eigenvalue weighted by molar-refractivity contribution is -0.308. The van der Waals surface area contributed by atoms with Crippen molar-refractivity contribution in [3.05, 3.63) is 69.1 Å². The van der Waals surface area contributed by atoms with Gasteiger partial charge in [-0.3, -0.25) is 4.79 Å². The number of phenolic OH excluding ortho intramolecular Hbond substituents is 2. The molecule has 3 aromatic rings. The maximum absolute atomic E-state index is 12.4. The van der Waals surface area contributed by atoms with Crippen LogP contribution in [-0.4, -0.2) is 22.1 Å². The van der Waals surface area contributed by atoms with E-state index >= 15 is 0 Å².